The predicted molar refractivity (Wildman–Crippen MR) is 67.0 cm³/mol. The van der Waals surface area contributed by atoms with Crippen molar-refractivity contribution < 1.29 is 9.53 Å². The lowest BCUT2D eigenvalue weighted by Crippen LogP contribution is -2.24. The number of hydrogen-bond acceptors (Lipinski definition) is 2. The van der Waals surface area contributed by atoms with E-state index in [1.165, 1.54) is 32.6 Å². The Bertz CT molecular complexity index is 256. The highest BCUT2D eigenvalue weighted by Gasteiger charge is 2.16. The van der Waals surface area contributed by atoms with Crippen molar-refractivity contribution in [1.82, 2.24) is 0 Å². The van der Waals surface area contributed by atoms with E-state index in [0.717, 1.165) is 12.8 Å². The minimum absolute atomic E-state index is 0.276. The maximum absolute atomic E-state index is 10.8. The first-order valence-corrected chi connectivity index (χ1v) is 6.17. The van der Waals surface area contributed by atoms with Crippen LogP contribution >= 0.6 is 0 Å². The largest absolute Gasteiger partial charge is 0.447 e. The van der Waals surface area contributed by atoms with Gasteiger partial charge in [0.2, 0.25) is 0 Å². The Labute approximate surface area is 99.8 Å². The van der Waals surface area contributed by atoms with Gasteiger partial charge in [0.15, 0.2) is 5.60 Å². The average Bonchev–Trinajstić information content (AvgIpc) is 2.14. The molecule has 0 aromatic carbocycles. The summed E-state index contributed by atoms with van der Waals surface area (Å²) in [5.74, 6) is 5.79. The molecule has 0 aliphatic carbocycles. The van der Waals surface area contributed by atoms with E-state index in [0.29, 0.717) is 0 Å². The van der Waals surface area contributed by atoms with Crippen molar-refractivity contribution in [3.8, 4) is 11.8 Å². The fraction of sp³-hybridized carbons (Fsp3) is 0.786. The molecule has 0 rings (SSSR count). The zero-order valence-corrected chi connectivity index (χ0v) is 11.1. The monoisotopic (exact) mass is 224 g/mol. The predicted octanol–water partition coefficient (Wildman–Crippen LogP) is 3.69. The third-order valence-corrected chi connectivity index (χ3v) is 2.19. The van der Waals surface area contributed by atoms with Gasteiger partial charge in [-0.05, 0) is 20.3 Å². The van der Waals surface area contributed by atoms with Crippen LogP contribution in [0.1, 0.15) is 66.2 Å². The summed E-state index contributed by atoms with van der Waals surface area (Å²) in [4.78, 5) is 10.8. The van der Waals surface area contributed by atoms with Crippen LogP contribution < -0.4 is 0 Å². The van der Waals surface area contributed by atoms with Crippen molar-refractivity contribution in [2.45, 2.75) is 71.8 Å². The summed E-state index contributed by atoms with van der Waals surface area (Å²) in [6.07, 6.45) is 7.16. The lowest BCUT2D eigenvalue weighted by Gasteiger charge is -2.17. The highest BCUT2D eigenvalue weighted by atomic mass is 16.6. The summed E-state index contributed by atoms with van der Waals surface area (Å²) < 4.78 is 5.07. The van der Waals surface area contributed by atoms with Crippen LogP contribution in [0.25, 0.3) is 0 Å². The van der Waals surface area contributed by atoms with Gasteiger partial charge in [0, 0.05) is 13.3 Å². The lowest BCUT2D eigenvalue weighted by atomic mass is 10.1. The Kier molecular flexibility index (Phi) is 7.72. The second kappa shape index (κ2) is 8.21. The standard InChI is InChI=1S/C14H24O2/c1-5-6-7-8-9-10-11-12-14(3,4)16-13(2)15/h5-10H2,1-4H3. The zero-order valence-electron chi connectivity index (χ0n) is 11.1. The summed E-state index contributed by atoms with van der Waals surface area (Å²) in [5.41, 5.74) is -0.644. The molecule has 16 heavy (non-hydrogen) atoms. The van der Waals surface area contributed by atoms with Gasteiger partial charge in [-0.3, -0.25) is 4.79 Å². The number of esters is 1. The van der Waals surface area contributed by atoms with Gasteiger partial charge in [-0.1, -0.05) is 44.4 Å². The second-order valence-electron chi connectivity index (χ2n) is 4.57. The van der Waals surface area contributed by atoms with Gasteiger partial charge in [0.1, 0.15) is 0 Å². The van der Waals surface area contributed by atoms with E-state index in [-0.39, 0.29) is 5.97 Å². The van der Waals surface area contributed by atoms with Gasteiger partial charge in [0.25, 0.3) is 0 Å². The number of carbonyl (C=O) groups excluding carboxylic acids is 1. The van der Waals surface area contributed by atoms with Gasteiger partial charge in [-0.25, -0.2) is 0 Å². The molecule has 0 spiro atoms. The molecule has 0 amide bonds. The van der Waals surface area contributed by atoms with Gasteiger partial charge in [-0.15, -0.1) is 0 Å². The molecule has 0 heterocycles. The second-order valence-corrected chi connectivity index (χ2v) is 4.57. The van der Waals surface area contributed by atoms with Crippen molar-refractivity contribution in [3.05, 3.63) is 0 Å². The molecule has 0 fully saturated rings. The molecular weight excluding hydrogens is 200 g/mol. The number of unbranched alkanes of at least 4 members (excludes halogenated alkanes) is 5. The molecule has 0 N–H and O–H groups in total. The maximum atomic E-state index is 10.8. The van der Waals surface area contributed by atoms with E-state index in [2.05, 4.69) is 18.8 Å². The third kappa shape index (κ3) is 9.58. The molecule has 0 atom stereocenters. The van der Waals surface area contributed by atoms with E-state index in [1.54, 1.807) is 0 Å². The van der Waals surface area contributed by atoms with Crippen molar-refractivity contribution in [2.24, 2.45) is 0 Å². The molecule has 0 radical (unpaired) electrons. The van der Waals surface area contributed by atoms with Gasteiger partial charge in [0.05, 0.1) is 0 Å². The van der Waals surface area contributed by atoms with Crippen LogP contribution in [0.4, 0.5) is 0 Å². The molecular formula is C14H24O2. The first-order valence-electron chi connectivity index (χ1n) is 6.17. The topological polar surface area (TPSA) is 26.3 Å². The molecule has 0 saturated carbocycles. The minimum Gasteiger partial charge on any atom is -0.447 e. The molecule has 0 unspecified atom stereocenters. The number of carbonyl (C=O) groups is 1. The van der Waals surface area contributed by atoms with Crippen molar-refractivity contribution in [1.29, 1.82) is 0 Å². The number of hydrogen-bond donors (Lipinski definition) is 0. The van der Waals surface area contributed by atoms with E-state index < -0.39 is 5.60 Å². The van der Waals surface area contributed by atoms with Crippen molar-refractivity contribution >= 4 is 5.97 Å². The normalized spacial score (nSPS) is 10.5. The Morgan fingerprint density at radius 3 is 2.38 bits per heavy atom. The molecule has 0 saturated heterocycles. The highest BCUT2D eigenvalue weighted by molar-refractivity contribution is 5.66. The Balaban J connectivity index is 3.70. The molecule has 92 valence electrons. The van der Waals surface area contributed by atoms with Crippen molar-refractivity contribution in [3.63, 3.8) is 0 Å². The van der Waals surface area contributed by atoms with Gasteiger partial charge >= 0.3 is 5.97 Å². The number of ether oxygens (including phenoxy) is 1. The quantitative estimate of drug-likeness (QED) is 0.391. The smallest absolute Gasteiger partial charge is 0.304 e. The molecule has 0 aromatic rings. The van der Waals surface area contributed by atoms with Crippen molar-refractivity contribution in [2.75, 3.05) is 0 Å². The summed E-state index contributed by atoms with van der Waals surface area (Å²) in [6.45, 7) is 7.26. The van der Waals surface area contributed by atoms with E-state index in [9.17, 15) is 4.79 Å². The summed E-state index contributed by atoms with van der Waals surface area (Å²) in [7, 11) is 0. The maximum Gasteiger partial charge on any atom is 0.304 e. The summed E-state index contributed by atoms with van der Waals surface area (Å²) in [5, 5.41) is 0. The molecule has 0 aromatic heterocycles. The van der Waals surface area contributed by atoms with Crippen LogP contribution in [0.3, 0.4) is 0 Å². The fourth-order valence-electron chi connectivity index (χ4n) is 1.48. The Morgan fingerprint density at radius 1 is 1.19 bits per heavy atom. The zero-order chi connectivity index (χ0) is 12.4. The molecule has 2 nitrogen and oxygen atoms in total. The van der Waals surface area contributed by atoms with Crippen LogP contribution in [0, 0.1) is 11.8 Å². The SMILES string of the molecule is CCCCCCCC#CC(C)(C)OC(C)=O. The first-order chi connectivity index (χ1) is 7.48. The van der Waals surface area contributed by atoms with Crippen LogP contribution in [-0.4, -0.2) is 11.6 Å². The summed E-state index contributed by atoms with van der Waals surface area (Å²) >= 11 is 0. The highest BCUT2D eigenvalue weighted by Crippen LogP contribution is 2.08. The molecule has 0 aliphatic heterocycles. The molecule has 0 aliphatic rings. The summed E-state index contributed by atoms with van der Waals surface area (Å²) in [6, 6.07) is 0. The lowest BCUT2D eigenvalue weighted by molar-refractivity contribution is -0.148. The van der Waals surface area contributed by atoms with E-state index in [4.69, 9.17) is 4.74 Å². The van der Waals surface area contributed by atoms with Crippen LogP contribution in [0.2, 0.25) is 0 Å². The number of rotatable bonds is 6. The van der Waals surface area contributed by atoms with Crippen LogP contribution in [-0.2, 0) is 9.53 Å². The van der Waals surface area contributed by atoms with Crippen LogP contribution in [0.15, 0.2) is 0 Å². The van der Waals surface area contributed by atoms with E-state index in [1.807, 2.05) is 13.8 Å². The van der Waals surface area contributed by atoms with Crippen LogP contribution in [0.5, 0.6) is 0 Å². The molecule has 2 heteroatoms. The third-order valence-electron chi connectivity index (χ3n) is 2.19. The average molecular weight is 224 g/mol. The first kappa shape index (κ1) is 15.0. The van der Waals surface area contributed by atoms with E-state index >= 15 is 0 Å². The minimum atomic E-state index is -0.644. The van der Waals surface area contributed by atoms with Gasteiger partial charge < -0.3 is 4.74 Å². The Morgan fingerprint density at radius 2 is 1.81 bits per heavy atom. The van der Waals surface area contributed by atoms with Gasteiger partial charge in [-0.2, -0.15) is 0 Å². The molecule has 0 bridgehead atoms. The fourth-order valence-corrected chi connectivity index (χ4v) is 1.48. The Hall–Kier alpha value is -0.970.